The fourth-order valence-corrected chi connectivity index (χ4v) is 1.96. The smallest absolute Gasteiger partial charge is 0.161 e. The third-order valence-corrected chi connectivity index (χ3v) is 3.14. The number of hydrogen-bond donors (Lipinski definition) is 2. The Hall–Kier alpha value is -2.27. The third kappa shape index (κ3) is 3.86. The maximum atomic E-state index is 12.8. The molecule has 0 aromatic heterocycles. The van der Waals surface area contributed by atoms with Crippen molar-refractivity contribution in [1.29, 1.82) is 0 Å². The van der Waals surface area contributed by atoms with Crippen LogP contribution in [0.25, 0.3) is 0 Å². The molecule has 0 aliphatic carbocycles. The van der Waals surface area contributed by atoms with E-state index in [1.54, 1.807) is 44.6 Å². The Morgan fingerprint density at radius 3 is 2.33 bits per heavy atom. The molecule has 5 heteroatoms. The van der Waals surface area contributed by atoms with Gasteiger partial charge >= 0.3 is 0 Å². The molecular formula is C16H18FNO3. The maximum Gasteiger partial charge on any atom is 0.161 e. The number of aliphatic hydroxyl groups is 1. The van der Waals surface area contributed by atoms with Crippen molar-refractivity contribution in [1.82, 2.24) is 0 Å². The Bertz CT molecular complexity index is 587. The van der Waals surface area contributed by atoms with Crippen molar-refractivity contribution >= 4 is 5.69 Å². The van der Waals surface area contributed by atoms with Gasteiger partial charge in [-0.25, -0.2) is 4.39 Å². The highest BCUT2D eigenvalue weighted by Gasteiger charge is 2.11. The van der Waals surface area contributed by atoms with Crippen molar-refractivity contribution < 1.29 is 19.0 Å². The fourth-order valence-electron chi connectivity index (χ4n) is 1.96. The van der Waals surface area contributed by atoms with Gasteiger partial charge in [-0.1, -0.05) is 6.07 Å². The Balaban J connectivity index is 2.02. The van der Waals surface area contributed by atoms with Gasteiger partial charge in [0.25, 0.3) is 0 Å². The third-order valence-electron chi connectivity index (χ3n) is 3.14. The lowest BCUT2D eigenvalue weighted by Crippen LogP contribution is -2.12. The summed E-state index contributed by atoms with van der Waals surface area (Å²) in [6, 6.07) is 11.2. The fraction of sp³-hybridized carbons (Fsp3) is 0.250. The van der Waals surface area contributed by atoms with E-state index < -0.39 is 6.10 Å². The molecule has 0 fully saturated rings. The molecule has 2 rings (SSSR count). The molecule has 2 aromatic carbocycles. The highest BCUT2D eigenvalue weighted by Crippen LogP contribution is 2.30. The van der Waals surface area contributed by atoms with Crippen molar-refractivity contribution in [2.75, 3.05) is 26.1 Å². The van der Waals surface area contributed by atoms with Crippen LogP contribution < -0.4 is 14.8 Å². The second-order valence-corrected chi connectivity index (χ2v) is 4.52. The summed E-state index contributed by atoms with van der Waals surface area (Å²) in [5.74, 6) is 0.886. The second kappa shape index (κ2) is 6.95. The Morgan fingerprint density at radius 1 is 1.05 bits per heavy atom. The predicted octanol–water partition coefficient (Wildman–Crippen LogP) is 2.99. The summed E-state index contributed by atoms with van der Waals surface area (Å²) in [6.45, 7) is 0.307. The van der Waals surface area contributed by atoms with Crippen molar-refractivity contribution in [2.45, 2.75) is 6.10 Å². The van der Waals surface area contributed by atoms with E-state index in [1.165, 1.54) is 12.1 Å². The molecule has 0 saturated carbocycles. The van der Waals surface area contributed by atoms with Crippen LogP contribution in [0, 0.1) is 5.82 Å². The number of benzene rings is 2. The first-order chi connectivity index (χ1) is 10.1. The summed E-state index contributed by atoms with van der Waals surface area (Å²) < 4.78 is 23.2. The van der Waals surface area contributed by atoms with Gasteiger partial charge in [-0.15, -0.1) is 0 Å². The quantitative estimate of drug-likeness (QED) is 0.859. The summed E-state index contributed by atoms with van der Waals surface area (Å²) >= 11 is 0. The van der Waals surface area contributed by atoms with Gasteiger partial charge in [0.2, 0.25) is 0 Å². The summed E-state index contributed by atoms with van der Waals surface area (Å²) in [4.78, 5) is 0. The highest BCUT2D eigenvalue weighted by atomic mass is 19.1. The zero-order valence-electron chi connectivity index (χ0n) is 12.0. The minimum absolute atomic E-state index is 0.291. The number of hydrogen-bond acceptors (Lipinski definition) is 4. The van der Waals surface area contributed by atoms with Gasteiger partial charge in [0, 0.05) is 12.2 Å². The average molecular weight is 291 g/mol. The van der Waals surface area contributed by atoms with Crippen LogP contribution in [0.5, 0.6) is 11.5 Å². The molecule has 21 heavy (non-hydrogen) atoms. The van der Waals surface area contributed by atoms with E-state index in [9.17, 15) is 9.50 Å². The standard InChI is InChI=1S/C16H18FNO3/c1-20-15-8-3-11(9-16(15)21-2)14(19)10-18-13-6-4-12(17)5-7-13/h3-9,14,18-19H,10H2,1-2H3/t14-/m1/s1. The molecular weight excluding hydrogens is 273 g/mol. The first-order valence-corrected chi connectivity index (χ1v) is 6.53. The molecule has 4 nitrogen and oxygen atoms in total. The normalized spacial score (nSPS) is 11.8. The van der Waals surface area contributed by atoms with Gasteiger partial charge < -0.3 is 19.9 Å². The van der Waals surface area contributed by atoms with Crippen LogP contribution in [0.4, 0.5) is 10.1 Å². The highest BCUT2D eigenvalue weighted by molar-refractivity contribution is 5.45. The van der Waals surface area contributed by atoms with Crippen LogP contribution >= 0.6 is 0 Å². The Morgan fingerprint density at radius 2 is 1.71 bits per heavy atom. The van der Waals surface area contributed by atoms with Crippen LogP contribution in [0.3, 0.4) is 0 Å². The van der Waals surface area contributed by atoms with Crippen LogP contribution in [0.1, 0.15) is 11.7 Å². The van der Waals surface area contributed by atoms with Crippen LogP contribution in [-0.4, -0.2) is 25.9 Å². The van der Waals surface area contributed by atoms with E-state index in [0.29, 0.717) is 23.6 Å². The lowest BCUT2D eigenvalue weighted by Gasteiger charge is -2.15. The summed E-state index contributed by atoms with van der Waals surface area (Å²) in [5, 5.41) is 13.2. The molecule has 0 radical (unpaired) electrons. The summed E-state index contributed by atoms with van der Waals surface area (Å²) in [5.41, 5.74) is 1.46. The molecule has 0 unspecified atom stereocenters. The molecule has 2 aromatic rings. The average Bonchev–Trinajstić information content (AvgIpc) is 2.53. The van der Waals surface area contributed by atoms with Gasteiger partial charge in [-0.05, 0) is 42.0 Å². The van der Waals surface area contributed by atoms with E-state index in [2.05, 4.69) is 5.32 Å². The van der Waals surface area contributed by atoms with E-state index in [1.807, 2.05) is 0 Å². The molecule has 0 aliphatic rings. The van der Waals surface area contributed by atoms with Gasteiger partial charge in [-0.3, -0.25) is 0 Å². The molecule has 0 heterocycles. The zero-order chi connectivity index (χ0) is 15.2. The van der Waals surface area contributed by atoms with Gasteiger partial charge in [-0.2, -0.15) is 0 Å². The number of ether oxygens (including phenoxy) is 2. The van der Waals surface area contributed by atoms with Crippen molar-refractivity contribution in [3.8, 4) is 11.5 Å². The molecule has 0 aliphatic heterocycles. The van der Waals surface area contributed by atoms with Crippen molar-refractivity contribution in [3.63, 3.8) is 0 Å². The van der Waals surface area contributed by atoms with E-state index >= 15 is 0 Å². The maximum absolute atomic E-state index is 12.8. The molecule has 0 saturated heterocycles. The number of aliphatic hydroxyl groups excluding tert-OH is 1. The Labute approximate surface area is 123 Å². The van der Waals surface area contributed by atoms with E-state index in [4.69, 9.17) is 9.47 Å². The van der Waals surface area contributed by atoms with Crippen molar-refractivity contribution in [3.05, 3.63) is 53.8 Å². The first kappa shape index (κ1) is 15.1. The van der Waals surface area contributed by atoms with Gasteiger partial charge in [0.05, 0.1) is 20.3 Å². The number of methoxy groups -OCH3 is 2. The van der Waals surface area contributed by atoms with E-state index in [0.717, 1.165) is 5.69 Å². The largest absolute Gasteiger partial charge is 0.493 e. The first-order valence-electron chi connectivity index (χ1n) is 6.53. The number of halogens is 1. The minimum atomic E-state index is -0.713. The molecule has 0 bridgehead atoms. The SMILES string of the molecule is COc1ccc([C@H](O)CNc2ccc(F)cc2)cc1OC. The van der Waals surface area contributed by atoms with Gasteiger partial charge in [0.15, 0.2) is 11.5 Å². The van der Waals surface area contributed by atoms with Gasteiger partial charge in [0.1, 0.15) is 5.82 Å². The Kier molecular flexibility index (Phi) is 5.00. The lowest BCUT2D eigenvalue weighted by molar-refractivity contribution is 0.191. The molecule has 0 amide bonds. The topological polar surface area (TPSA) is 50.7 Å². The number of nitrogens with one attached hydrogen (secondary N) is 1. The summed E-state index contributed by atoms with van der Waals surface area (Å²) in [6.07, 6.45) is -0.713. The predicted molar refractivity (Wildman–Crippen MR) is 79.4 cm³/mol. The lowest BCUT2D eigenvalue weighted by atomic mass is 10.1. The minimum Gasteiger partial charge on any atom is -0.493 e. The molecule has 1 atom stereocenters. The van der Waals surface area contributed by atoms with Crippen LogP contribution in [0.2, 0.25) is 0 Å². The molecule has 2 N–H and O–H groups in total. The number of anilines is 1. The second-order valence-electron chi connectivity index (χ2n) is 4.52. The number of rotatable bonds is 6. The van der Waals surface area contributed by atoms with E-state index in [-0.39, 0.29) is 5.82 Å². The van der Waals surface area contributed by atoms with Crippen molar-refractivity contribution in [2.24, 2.45) is 0 Å². The van der Waals surface area contributed by atoms with Crippen LogP contribution in [-0.2, 0) is 0 Å². The van der Waals surface area contributed by atoms with Crippen LogP contribution in [0.15, 0.2) is 42.5 Å². The molecule has 0 spiro atoms. The monoisotopic (exact) mass is 291 g/mol. The summed E-state index contributed by atoms with van der Waals surface area (Å²) in [7, 11) is 3.11. The zero-order valence-corrected chi connectivity index (χ0v) is 12.0. The molecule has 112 valence electrons.